The molecule has 0 aliphatic carbocycles. The summed E-state index contributed by atoms with van der Waals surface area (Å²) in [7, 11) is 1.75. The number of aromatic nitrogens is 2. The van der Waals surface area contributed by atoms with Crippen molar-refractivity contribution in [3.8, 4) is 0 Å². The van der Waals surface area contributed by atoms with E-state index in [1.165, 1.54) is 12.8 Å². The molecule has 1 aromatic rings. The monoisotopic (exact) mass is 332 g/mol. The molecule has 2 atom stereocenters. The van der Waals surface area contributed by atoms with Gasteiger partial charge in [0, 0.05) is 39.3 Å². The summed E-state index contributed by atoms with van der Waals surface area (Å²) >= 11 is 0. The second kappa shape index (κ2) is 6.95. The summed E-state index contributed by atoms with van der Waals surface area (Å²) in [5.41, 5.74) is 0.900. The fourth-order valence-electron chi connectivity index (χ4n) is 3.84. The highest BCUT2D eigenvalue weighted by atomic mass is 16.2. The molecule has 3 heterocycles. The van der Waals surface area contributed by atoms with Gasteiger partial charge in [-0.2, -0.15) is 5.10 Å². The van der Waals surface area contributed by atoms with Crippen LogP contribution in [0.5, 0.6) is 0 Å². The van der Waals surface area contributed by atoms with Crippen LogP contribution in [-0.4, -0.2) is 57.6 Å². The number of carbonyl (C=O) groups excluding carboxylic acids is 2. The van der Waals surface area contributed by atoms with Crippen molar-refractivity contribution in [1.29, 1.82) is 0 Å². The summed E-state index contributed by atoms with van der Waals surface area (Å²) in [6.45, 7) is 7.49. The molecule has 132 valence electrons. The predicted molar refractivity (Wildman–Crippen MR) is 91.8 cm³/mol. The molecule has 6 nitrogen and oxygen atoms in total. The fraction of sp³-hybridized carbons (Fsp3) is 0.722. The Morgan fingerprint density at radius 2 is 1.54 bits per heavy atom. The van der Waals surface area contributed by atoms with Gasteiger partial charge in [0.15, 0.2) is 5.69 Å². The molecular formula is C18H28N4O2. The van der Waals surface area contributed by atoms with E-state index < -0.39 is 0 Å². The van der Waals surface area contributed by atoms with Gasteiger partial charge < -0.3 is 9.80 Å². The second-order valence-electron chi connectivity index (χ2n) is 7.54. The highest BCUT2D eigenvalue weighted by Crippen LogP contribution is 2.20. The minimum atomic E-state index is -0.0526. The van der Waals surface area contributed by atoms with Gasteiger partial charge in [-0.3, -0.25) is 14.3 Å². The Bertz CT molecular complexity index is 625. The lowest BCUT2D eigenvalue weighted by Gasteiger charge is -2.30. The number of amides is 2. The van der Waals surface area contributed by atoms with E-state index in [2.05, 4.69) is 18.9 Å². The first-order chi connectivity index (χ1) is 11.5. The van der Waals surface area contributed by atoms with E-state index >= 15 is 0 Å². The van der Waals surface area contributed by atoms with E-state index in [9.17, 15) is 9.59 Å². The molecule has 0 spiro atoms. The smallest absolute Gasteiger partial charge is 0.274 e. The molecule has 0 radical (unpaired) electrons. The molecule has 24 heavy (non-hydrogen) atoms. The molecule has 6 heteroatoms. The van der Waals surface area contributed by atoms with Crippen molar-refractivity contribution in [1.82, 2.24) is 19.6 Å². The number of likely N-dealkylation sites (tertiary alicyclic amines) is 2. The summed E-state index contributed by atoms with van der Waals surface area (Å²) in [4.78, 5) is 29.2. The van der Waals surface area contributed by atoms with Crippen molar-refractivity contribution < 1.29 is 9.59 Å². The van der Waals surface area contributed by atoms with Gasteiger partial charge >= 0.3 is 0 Å². The van der Waals surface area contributed by atoms with Crippen molar-refractivity contribution in [2.45, 2.75) is 39.5 Å². The minimum absolute atomic E-state index is 0.0115. The van der Waals surface area contributed by atoms with Crippen molar-refractivity contribution >= 4 is 11.8 Å². The summed E-state index contributed by atoms with van der Waals surface area (Å²) in [6, 6.07) is 1.67. The number of rotatable bonds is 2. The van der Waals surface area contributed by atoms with Crippen LogP contribution < -0.4 is 0 Å². The van der Waals surface area contributed by atoms with Crippen LogP contribution in [0.1, 0.15) is 60.5 Å². The number of aryl methyl sites for hydroxylation is 1. The predicted octanol–water partition coefficient (Wildman–Crippen LogP) is 2.16. The Kier molecular flexibility index (Phi) is 4.92. The van der Waals surface area contributed by atoms with Gasteiger partial charge in [0.25, 0.3) is 11.8 Å². The van der Waals surface area contributed by atoms with Crippen molar-refractivity contribution in [2.75, 3.05) is 26.2 Å². The Balaban J connectivity index is 1.74. The van der Waals surface area contributed by atoms with E-state index in [0.717, 1.165) is 39.0 Å². The summed E-state index contributed by atoms with van der Waals surface area (Å²) in [5.74, 6) is 1.00. The van der Waals surface area contributed by atoms with E-state index in [4.69, 9.17) is 0 Å². The van der Waals surface area contributed by atoms with Gasteiger partial charge in [-0.1, -0.05) is 13.8 Å². The van der Waals surface area contributed by atoms with Gasteiger partial charge in [0.1, 0.15) is 5.69 Å². The van der Waals surface area contributed by atoms with Crippen LogP contribution in [0.25, 0.3) is 0 Å². The molecular weight excluding hydrogens is 304 g/mol. The van der Waals surface area contributed by atoms with E-state index in [1.54, 1.807) is 17.8 Å². The van der Waals surface area contributed by atoms with Crippen LogP contribution in [-0.2, 0) is 7.05 Å². The van der Waals surface area contributed by atoms with Crippen LogP contribution in [0.3, 0.4) is 0 Å². The standard InChI is InChI=1S/C18H28N4O2/c1-13-6-4-8-21(11-13)17(23)15-10-16(20(3)19-15)18(24)22-9-5-7-14(2)12-22/h10,13-14H,4-9,11-12H2,1-3H3/t13-,14-/m1/s1. The first kappa shape index (κ1) is 17.0. The maximum Gasteiger partial charge on any atom is 0.274 e. The fourth-order valence-corrected chi connectivity index (χ4v) is 3.84. The lowest BCUT2D eigenvalue weighted by atomic mass is 10.00. The zero-order chi connectivity index (χ0) is 17.3. The Morgan fingerprint density at radius 1 is 1.00 bits per heavy atom. The first-order valence-corrected chi connectivity index (χ1v) is 9.08. The number of carbonyl (C=O) groups is 2. The first-order valence-electron chi connectivity index (χ1n) is 9.08. The molecule has 0 bridgehead atoms. The highest BCUT2D eigenvalue weighted by molar-refractivity contribution is 5.98. The van der Waals surface area contributed by atoms with Gasteiger partial charge in [-0.25, -0.2) is 0 Å². The second-order valence-corrected chi connectivity index (χ2v) is 7.54. The molecule has 2 aliphatic heterocycles. The maximum absolute atomic E-state index is 12.8. The Hall–Kier alpha value is -1.85. The number of piperidine rings is 2. The molecule has 0 saturated carbocycles. The van der Waals surface area contributed by atoms with E-state index in [0.29, 0.717) is 23.2 Å². The topological polar surface area (TPSA) is 58.4 Å². The Labute approximate surface area is 143 Å². The SMILES string of the molecule is C[C@@H]1CCCN(C(=O)c2cc(C(=O)N3CCC[C@@H](C)C3)n(C)n2)C1. The van der Waals surface area contributed by atoms with Gasteiger partial charge in [-0.05, 0) is 37.5 Å². The molecule has 2 aliphatic rings. The minimum Gasteiger partial charge on any atom is -0.337 e. The zero-order valence-corrected chi connectivity index (χ0v) is 15.0. The lowest BCUT2D eigenvalue weighted by Crippen LogP contribution is -2.40. The van der Waals surface area contributed by atoms with Crippen LogP contribution in [0.2, 0.25) is 0 Å². The van der Waals surface area contributed by atoms with E-state index in [1.807, 2.05) is 9.80 Å². The highest BCUT2D eigenvalue weighted by Gasteiger charge is 2.28. The van der Waals surface area contributed by atoms with Crippen LogP contribution in [0.15, 0.2) is 6.07 Å². The van der Waals surface area contributed by atoms with Crippen molar-refractivity contribution in [2.24, 2.45) is 18.9 Å². The van der Waals surface area contributed by atoms with Crippen molar-refractivity contribution in [3.05, 3.63) is 17.5 Å². The molecule has 0 unspecified atom stereocenters. The van der Waals surface area contributed by atoms with Gasteiger partial charge in [-0.15, -0.1) is 0 Å². The average molecular weight is 332 g/mol. The third kappa shape index (κ3) is 3.47. The number of hydrogen-bond acceptors (Lipinski definition) is 3. The molecule has 2 saturated heterocycles. The van der Waals surface area contributed by atoms with E-state index in [-0.39, 0.29) is 11.8 Å². The molecule has 0 N–H and O–H groups in total. The summed E-state index contributed by atoms with van der Waals surface area (Å²) in [5, 5.41) is 4.32. The summed E-state index contributed by atoms with van der Waals surface area (Å²) < 4.78 is 1.56. The zero-order valence-electron chi connectivity index (χ0n) is 15.0. The third-order valence-electron chi connectivity index (χ3n) is 5.21. The van der Waals surface area contributed by atoms with Gasteiger partial charge in [0.05, 0.1) is 0 Å². The van der Waals surface area contributed by atoms with Crippen LogP contribution in [0.4, 0.5) is 0 Å². The maximum atomic E-state index is 12.8. The number of nitrogens with zero attached hydrogens (tertiary/aromatic N) is 4. The molecule has 3 rings (SSSR count). The Morgan fingerprint density at radius 3 is 2.08 bits per heavy atom. The van der Waals surface area contributed by atoms with Crippen LogP contribution >= 0.6 is 0 Å². The van der Waals surface area contributed by atoms with Crippen molar-refractivity contribution in [3.63, 3.8) is 0 Å². The quantitative estimate of drug-likeness (QED) is 0.834. The molecule has 2 amide bonds. The molecule has 2 fully saturated rings. The normalized spacial score (nSPS) is 25.0. The summed E-state index contributed by atoms with van der Waals surface area (Å²) in [6.07, 6.45) is 4.42. The molecule has 1 aromatic heterocycles. The van der Waals surface area contributed by atoms with Crippen LogP contribution in [0, 0.1) is 11.8 Å². The largest absolute Gasteiger partial charge is 0.337 e. The third-order valence-corrected chi connectivity index (χ3v) is 5.21. The lowest BCUT2D eigenvalue weighted by molar-refractivity contribution is 0.0668. The van der Waals surface area contributed by atoms with Gasteiger partial charge in [0.2, 0.25) is 0 Å². The average Bonchev–Trinajstić information content (AvgIpc) is 2.95. The molecule has 0 aromatic carbocycles. The number of hydrogen-bond donors (Lipinski definition) is 0.